The predicted molar refractivity (Wildman–Crippen MR) is 53.8 cm³/mol. The van der Waals surface area contributed by atoms with E-state index in [-0.39, 0.29) is 11.3 Å². The topological polar surface area (TPSA) is 81.2 Å². The van der Waals surface area contributed by atoms with Crippen molar-refractivity contribution in [1.82, 2.24) is 10.5 Å². The van der Waals surface area contributed by atoms with E-state index in [1.165, 1.54) is 0 Å². The van der Waals surface area contributed by atoms with Crippen LogP contribution in [0.15, 0.2) is 10.6 Å². The third-order valence-electron chi connectivity index (χ3n) is 2.83. The molecule has 1 saturated carbocycles. The monoisotopic (exact) mass is 209 g/mol. The number of aryl methyl sites for hydroxylation is 1. The molecule has 0 aliphatic heterocycles. The summed E-state index contributed by atoms with van der Waals surface area (Å²) in [4.78, 5) is 11.7. The number of carbonyl (C=O) groups is 1. The molecule has 1 amide bonds. The normalized spacial score (nSPS) is 17.5. The fourth-order valence-corrected chi connectivity index (χ4v) is 1.53. The summed E-state index contributed by atoms with van der Waals surface area (Å²) in [6, 6.07) is 1.81. The lowest BCUT2D eigenvalue weighted by molar-refractivity contribution is -0.126. The van der Waals surface area contributed by atoms with Gasteiger partial charge in [0.25, 0.3) is 0 Å². The number of amides is 1. The van der Waals surface area contributed by atoms with Gasteiger partial charge in [-0.2, -0.15) is 0 Å². The summed E-state index contributed by atoms with van der Waals surface area (Å²) in [7, 11) is 0. The second-order valence-corrected chi connectivity index (χ2v) is 4.10. The molecule has 0 aromatic carbocycles. The molecule has 5 heteroatoms. The van der Waals surface area contributed by atoms with Crippen molar-refractivity contribution >= 4 is 5.91 Å². The minimum Gasteiger partial charge on any atom is -0.361 e. The highest BCUT2D eigenvalue weighted by atomic mass is 16.5. The second kappa shape index (κ2) is 3.66. The Morgan fingerprint density at radius 1 is 1.73 bits per heavy atom. The summed E-state index contributed by atoms with van der Waals surface area (Å²) in [5.74, 6) is 0.782. The molecular formula is C10H15N3O2. The van der Waals surface area contributed by atoms with E-state index >= 15 is 0 Å². The molecular weight excluding hydrogens is 194 g/mol. The molecule has 1 heterocycles. The molecule has 0 spiro atoms. The van der Waals surface area contributed by atoms with Crippen LogP contribution in [0.25, 0.3) is 0 Å². The van der Waals surface area contributed by atoms with Crippen molar-refractivity contribution in [2.75, 3.05) is 6.54 Å². The van der Waals surface area contributed by atoms with Crippen molar-refractivity contribution in [2.45, 2.75) is 26.3 Å². The van der Waals surface area contributed by atoms with E-state index < -0.39 is 0 Å². The van der Waals surface area contributed by atoms with Crippen molar-refractivity contribution in [3.8, 4) is 0 Å². The Morgan fingerprint density at radius 2 is 2.47 bits per heavy atom. The standard InChI is InChI=1S/C10H15N3O2/c1-7-4-8(13-15-7)5-12-9(14)10(6-11)2-3-10/h4H,2-3,5-6,11H2,1H3,(H,12,14). The number of nitrogens with zero attached hydrogens (tertiary/aromatic N) is 1. The van der Waals surface area contributed by atoms with Gasteiger partial charge in [-0.05, 0) is 19.8 Å². The van der Waals surface area contributed by atoms with Crippen LogP contribution in [0.2, 0.25) is 0 Å². The first kappa shape index (κ1) is 10.2. The number of hydrogen-bond donors (Lipinski definition) is 2. The van der Waals surface area contributed by atoms with Crippen LogP contribution in [0, 0.1) is 12.3 Å². The number of aromatic nitrogens is 1. The fraction of sp³-hybridized carbons (Fsp3) is 0.600. The van der Waals surface area contributed by atoms with Crippen molar-refractivity contribution < 1.29 is 9.32 Å². The van der Waals surface area contributed by atoms with E-state index in [0.717, 1.165) is 24.3 Å². The molecule has 1 aromatic heterocycles. The Morgan fingerprint density at radius 3 is 2.93 bits per heavy atom. The Balaban J connectivity index is 1.86. The number of nitrogens with two attached hydrogens (primary N) is 1. The lowest BCUT2D eigenvalue weighted by Crippen LogP contribution is -2.36. The van der Waals surface area contributed by atoms with Crippen LogP contribution in [0.1, 0.15) is 24.3 Å². The molecule has 1 aromatic rings. The van der Waals surface area contributed by atoms with Gasteiger partial charge in [0.2, 0.25) is 5.91 Å². The maximum atomic E-state index is 11.7. The maximum absolute atomic E-state index is 11.7. The van der Waals surface area contributed by atoms with Crippen LogP contribution in [-0.2, 0) is 11.3 Å². The first-order valence-electron chi connectivity index (χ1n) is 5.07. The average Bonchev–Trinajstić information content (AvgIpc) is 2.93. The number of carbonyl (C=O) groups excluding carboxylic acids is 1. The highest BCUT2D eigenvalue weighted by molar-refractivity contribution is 5.85. The summed E-state index contributed by atoms with van der Waals surface area (Å²) >= 11 is 0. The number of rotatable bonds is 4. The third-order valence-corrected chi connectivity index (χ3v) is 2.83. The Labute approximate surface area is 88.0 Å². The fourth-order valence-electron chi connectivity index (χ4n) is 1.53. The molecule has 1 aliphatic carbocycles. The maximum Gasteiger partial charge on any atom is 0.227 e. The van der Waals surface area contributed by atoms with Crippen LogP contribution in [-0.4, -0.2) is 17.6 Å². The minimum atomic E-state index is -0.293. The minimum absolute atomic E-state index is 0.0330. The largest absolute Gasteiger partial charge is 0.361 e. The van der Waals surface area contributed by atoms with Gasteiger partial charge in [-0.15, -0.1) is 0 Å². The molecule has 2 rings (SSSR count). The highest BCUT2D eigenvalue weighted by Gasteiger charge is 2.48. The van der Waals surface area contributed by atoms with Crippen molar-refractivity contribution in [2.24, 2.45) is 11.1 Å². The first-order chi connectivity index (χ1) is 7.16. The van der Waals surface area contributed by atoms with E-state index in [2.05, 4.69) is 10.5 Å². The van der Waals surface area contributed by atoms with Gasteiger partial charge in [-0.1, -0.05) is 5.16 Å². The van der Waals surface area contributed by atoms with Crippen LogP contribution < -0.4 is 11.1 Å². The summed E-state index contributed by atoms with van der Waals surface area (Å²) in [6.45, 7) is 2.66. The SMILES string of the molecule is Cc1cc(CNC(=O)C2(CN)CC2)no1. The molecule has 0 unspecified atom stereocenters. The Kier molecular flexibility index (Phi) is 2.48. The highest BCUT2D eigenvalue weighted by Crippen LogP contribution is 2.44. The molecule has 3 N–H and O–H groups in total. The van der Waals surface area contributed by atoms with Gasteiger partial charge in [-0.25, -0.2) is 0 Å². The molecule has 1 fully saturated rings. The van der Waals surface area contributed by atoms with E-state index in [1.54, 1.807) is 0 Å². The molecule has 0 atom stereocenters. The van der Waals surface area contributed by atoms with Gasteiger partial charge in [0, 0.05) is 12.6 Å². The first-order valence-corrected chi connectivity index (χ1v) is 5.07. The number of nitrogens with one attached hydrogen (secondary N) is 1. The quantitative estimate of drug-likeness (QED) is 0.749. The molecule has 0 radical (unpaired) electrons. The zero-order valence-corrected chi connectivity index (χ0v) is 8.75. The molecule has 0 bridgehead atoms. The smallest absolute Gasteiger partial charge is 0.227 e. The predicted octanol–water partition coefficient (Wildman–Crippen LogP) is 0.338. The molecule has 5 nitrogen and oxygen atoms in total. The van der Waals surface area contributed by atoms with E-state index in [4.69, 9.17) is 10.3 Å². The van der Waals surface area contributed by atoms with Crippen molar-refractivity contribution in [1.29, 1.82) is 0 Å². The summed E-state index contributed by atoms with van der Waals surface area (Å²) in [5.41, 5.74) is 6.00. The van der Waals surface area contributed by atoms with Crippen molar-refractivity contribution in [3.63, 3.8) is 0 Å². The van der Waals surface area contributed by atoms with Crippen LogP contribution in [0.3, 0.4) is 0 Å². The Bertz CT molecular complexity index is 368. The van der Waals surface area contributed by atoms with Gasteiger partial charge in [0.1, 0.15) is 11.5 Å². The lowest BCUT2D eigenvalue weighted by atomic mass is 10.1. The summed E-state index contributed by atoms with van der Waals surface area (Å²) in [5, 5.41) is 6.62. The Hall–Kier alpha value is -1.36. The second-order valence-electron chi connectivity index (χ2n) is 4.10. The van der Waals surface area contributed by atoms with Crippen LogP contribution >= 0.6 is 0 Å². The van der Waals surface area contributed by atoms with Gasteiger partial charge in [0.05, 0.1) is 12.0 Å². The van der Waals surface area contributed by atoms with Crippen LogP contribution in [0.5, 0.6) is 0 Å². The zero-order chi connectivity index (χ0) is 10.9. The lowest BCUT2D eigenvalue weighted by Gasteiger charge is -2.11. The summed E-state index contributed by atoms with van der Waals surface area (Å²) in [6.07, 6.45) is 1.79. The van der Waals surface area contributed by atoms with Crippen molar-refractivity contribution in [3.05, 3.63) is 17.5 Å². The summed E-state index contributed by atoms with van der Waals surface area (Å²) < 4.78 is 4.90. The van der Waals surface area contributed by atoms with Crippen LogP contribution in [0.4, 0.5) is 0 Å². The van der Waals surface area contributed by atoms with E-state index in [0.29, 0.717) is 13.1 Å². The third kappa shape index (κ3) is 2.02. The van der Waals surface area contributed by atoms with Gasteiger partial charge in [0.15, 0.2) is 0 Å². The molecule has 82 valence electrons. The van der Waals surface area contributed by atoms with E-state index in [1.807, 2.05) is 13.0 Å². The van der Waals surface area contributed by atoms with E-state index in [9.17, 15) is 4.79 Å². The van der Waals surface area contributed by atoms with Gasteiger partial charge in [-0.3, -0.25) is 4.79 Å². The number of hydrogen-bond acceptors (Lipinski definition) is 4. The van der Waals surface area contributed by atoms with Gasteiger partial charge >= 0.3 is 0 Å². The molecule has 0 saturated heterocycles. The molecule has 15 heavy (non-hydrogen) atoms. The average molecular weight is 209 g/mol. The molecule has 1 aliphatic rings. The van der Waals surface area contributed by atoms with Gasteiger partial charge < -0.3 is 15.6 Å². The zero-order valence-electron chi connectivity index (χ0n) is 8.75.